The van der Waals surface area contributed by atoms with E-state index < -0.39 is 11.7 Å². The Kier molecular flexibility index (Phi) is 1.83. The van der Waals surface area contributed by atoms with E-state index in [1.54, 1.807) is 0 Å². The third-order valence-electron chi connectivity index (χ3n) is 1.33. The molecule has 0 nitrogen and oxygen atoms in total. The van der Waals surface area contributed by atoms with Gasteiger partial charge in [-0.2, -0.15) is 0 Å². The van der Waals surface area contributed by atoms with Gasteiger partial charge >= 0.3 is 0 Å². The van der Waals surface area contributed by atoms with Crippen LogP contribution in [0.1, 0.15) is 0 Å². The number of hydrogen-bond donors (Lipinski definition) is 0. The summed E-state index contributed by atoms with van der Waals surface area (Å²) < 4.78 is 25.8. The van der Waals surface area contributed by atoms with E-state index in [9.17, 15) is 8.78 Å². The molecule has 0 aliphatic carbocycles. The van der Waals surface area contributed by atoms with Gasteiger partial charge in [0.25, 0.3) is 0 Å². The normalized spacial score (nSPS) is 25.2. The smallest absolute Gasteiger partial charge is 0.151 e. The van der Waals surface area contributed by atoms with Gasteiger partial charge in [-0.1, -0.05) is 32.7 Å². The summed E-state index contributed by atoms with van der Waals surface area (Å²) >= 11 is 2.14. The Labute approximate surface area is 75.5 Å². The summed E-state index contributed by atoms with van der Waals surface area (Å²) in [7, 11) is 0. The van der Waals surface area contributed by atoms with Crippen LogP contribution in [0.25, 0.3) is 0 Å². The molecule has 2 rings (SSSR count). The summed E-state index contributed by atoms with van der Waals surface area (Å²) in [5.41, 5.74) is 0. The van der Waals surface area contributed by atoms with Gasteiger partial charge in [-0.3, -0.25) is 0 Å². The Hall–Kier alpha value is -0.920. The van der Waals surface area contributed by atoms with Crippen molar-refractivity contribution in [2.75, 3.05) is 0 Å². The molecule has 0 aromatic rings. The van der Waals surface area contributed by atoms with E-state index >= 15 is 0 Å². The van der Waals surface area contributed by atoms with Crippen LogP contribution in [0.5, 0.6) is 0 Å². The highest BCUT2D eigenvalue weighted by molar-refractivity contribution is 7.97. The first kappa shape index (κ1) is 7.71. The van der Waals surface area contributed by atoms with Gasteiger partial charge in [-0.05, 0) is 0 Å². The highest BCUT2D eigenvalue weighted by atomic mass is 32.1. The molecule has 0 atom stereocenters. The number of rotatable bonds is 0. The van der Waals surface area contributed by atoms with Crippen molar-refractivity contribution in [3.05, 3.63) is 33.6 Å². The van der Waals surface area contributed by atoms with E-state index in [4.69, 9.17) is 0 Å². The second kappa shape index (κ2) is 2.85. The van der Waals surface area contributed by atoms with Crippen molar-refractivity contribution in [1.82, 2.24) is 0 Å². The van der Waals surface area contributed by atoms with E-state index in [0.717, 1.165) is 22.3 Å². The molecule has 0 aromatic carbocycles. The van der Waals surface area contributed by atoms with Crippen molar-refractivity contribution >= 4 is 22.3 Å². The molecule has 0 bridgehead atoms. The van der Waals surface area contributed by atoms with Gasteiger partial charge in [-0.25, -0.2) is 8.78 Å². The summed E-state index contributed by atoms with van der Waals surface area (Å²) in [6.07, 6.45) is 2.42. The zero-order chi connectivity index (χ0) is 8.55. The summed E-state index contributed by atoms with van der Waals surface area (Å²) in [5, 5.41) is 5.21. The fourth-order valence-corrected chi connectivity index (χ4v) is 2.32. The molecule has 0 amide bonds. The second-order valence-corrected chi connectivity index (χ2v) is 3.78. The molecule has 0 radical (unpaired) electrons. The van der Waals surface area contributed by atoms with Crippen LogP contribution in [-0.2, 0) is 0 Å². The Balaban J connectivity index is 2.58. The summed E-state index contributed by atoms with van der Waals surface area (Å²) in [6, 6.07) is 0. The predicted octanol–water partition coefficient (Wildman–Crippen LogP) is 3.32. The Morgan fingerprint density at radius 3 is 1.58 bits per heavy atom. The molecule has 60 valence electrons. The molecule has 0 saturated heterocycles. The Morgan fingerprint density at radius 1 is 0.917 bits per heavy atom. The number of hydrogen-bond acceptors (Lipinski definition) is 0. The zero-order valence-corrected chi connectivity index (χ0v) is 7.36. The Bertz CT molecular complexity index is 417. The molecule has 0 unspecified atom stereocenters. The molecule has 0 saturated carbocycles. The lowest BCUT2D eigenvalue weighted by Gasteiger charge is -1.94. The zero-order valence-electron chi connectivity index (χ0n) is 5.73. The van der Waals surface area contributed by atoms with Gasteiger partial charge in [0.05, 0.1) is 9.81 Å². The monoisotopic (exact) mass is 200 g/mol. The summed E-state index contributed by atoms with van der Waals surface area (Å²) in [4.78, 5) is 0.609. The Morgan fingerprint density at radius 2 is 1.33 bits per heavy atom. The van der Waals surface area contributed by atoms with Crippen molar-refractivity contribution in [3.8, 4) is 10.4 Å². The lowest BCUT2D eigenvalue weighted by atomic mass is 10.3. The second-order valence-electron chi connectivity index (χ2n) is 2.08. The molecule has 2 heterocycles. The van der Waals surface area contributed by atoms with Crippen molar-refractivity contribution in [1.29, 1.82) is 0 Å². The number of halogens is 2. The van der Waals surface area contributed by atoms with Gasteiger partial charge in [-0.15, -0.1) is 0 Å². The molecule has 0 spiro atoms. The van der Waals surface area contributed by atoms with Crippen LogP contribution in [0.3, 0.4) is 0 Å². The number of allylic oxidation sites excluding steroid dienone is 4. The van der Waals surface area contributed by atoms with Crippen molar-refractivity contribution < 1.29 is 8.78 Å². The standard InChI is InChI=1S/C8H2F2S2/c9-5-1-3-11-7(5)8-6(10)2-4-12-8/h1-2H. The van der Waals surface area contributed by atoms with Gasteiger partial charge in [0.2, 0.25) is 0 Å². The molecule has 0 aromatic heterocycles. The molecular formula is C8H2F2S2. The van der Waals surface area contributed by atoms with Crippen LogP contribution in [0, 0.1) is 10.4 Å². The van der Waals surface area contributed by atoms with Crippen LogP contribution in [-0.4, -0.2) is 0 Å². The first-order valence-corrected chi connectivity index (χ1v) is 4.73. The van der Waals surface area contributed by atoms with Crippen LogP contribution in [0.15, 0.2) is 33.6 Å². The SMILES string of the molecule is FC1=CC#SC1=C1S#CC=C1F. The quantitative estimate of drug-likeness (QED) is 0.562. The molecular weight excluding hydrogens is 198 g/mol. The third kappa shape index (κ3) is 1.11. The fraction of sp³-hybridized carbons (Fsp3) is 0. The predicted molar refractivity (Wildman–Crippen MR) is 48.4 cm³/mol. The van der Waals surface area contributed by atoms with Crippen molar-refractivity contribution in [2.45, 2.75) is 0 Å². The van der Waals surface area contributed by atoms with Crippen LogP contribution < -0.4 is 0 Å². The maximum atomic E-state index is 12.9. The third-order valence-corrected chi connectivity index (χ3v) is 3.14. The average Bonchev–Trinajstić information content (AvgIpc) is 2.59. The van der Waals surface area contributed by atoms with Crippen LogP contribution in [0.2, 0.25) is 0 Å². The lowest BCUT2D eigenvalue weighted by Crippen LogP contribution is -1.78. The van der Waals surface area contributed by atoms with Crippen LogP contribution in [0.4, 0.5) is 8.78 Å². The van der Waals surface area contributed by atoms with Crippen LogP contribution >= 0.6 is 22.3 Å². The van der Waals surface area contributed by atoms with E-state index in [-0.39, 0.29) is 0 Å². The lowest BCUT2D eigenvalue weighted by molar-refractivity contribution is 0.649. The van der Waals surface area contributed by atoms with Gasteiger partial charge in [0.15, 0.2) is 11.7 Å². The molecule has 2 aliphatic heterocycles. The van der Waals surface area contributed by atoms with E-state index in [1.165, 1.54) is 12.2 Å². The minimum absolute atomic E-state index is 0.304. The van der Waals surface area contributed by atoms with E-state index in [2.05, 4.69) is 10.4 Å². The largest absolute Gasteiger partial charge is 0.205 e. The maximum absolute atomic E-state index is 12.9. The minimum atomic E-state index is -0.422. The summed E-state index contributed by atoms with van der Waals surface area (Å²) in [5.74, 6) is -0.843. The molecule has 0 fully saturated rings. The molecule has 2 aliphatic rings. The highest BCUT2D eigenvalue weighted by Crippen LogP contribution is 2.35. The van der Waals surface area contributed by atoms with Gasteiger partial charge in [0, 0.05) is 12.2 Å². The molecule has 12 heavy (non-hydrogen) atoms. The van der Waals surface area contributed by atoms with Crippen molar-refractivity contribution in [3.63, 3.8) is 0 Å². The van der Waals surface area contributed by atoms with Gasteiger partial charge < -0.3 is 0 Å². The molecule has 4 heteroatoms. The summed E-state index contributed by atoms with van der Waals surface area (Å²) in [6.45, 7) is 0. The minimum Gasteiger partial charge on any atom is -0.205 e. The van der Waals surface area contributed by atoms with E-state index in [0.29, 0.717) is 9.81 Å². The van der Waals surface area contributed by atoms with Gasteiger partial charge in [0.1, 0.15) is 0 Å². The average molecular weight is 200 g/mol. The first-order valence-electron chi connectivity index (χ1n) is 3.10. The first-order chi connectivity index (χ1) is 5.79. The topological polar surface area (TPSA) is 0 Å². The van der Waals surface area contributed by atoms with E-state index in [1.807, 2.05) is 0 Å². The van der Waals surface area contributed by atoms with Crippen molar-refractivity contribution in [2.24, 2.45) is 0 Å². The highest BCUT2D eigenvalue weighted by Gasteiger charge is 2.16. The fourth-order valence-electron chi connectivity index (χ4n) is 0.818. The molecule has 0 N–H and O–H groups in total. The maximum Gasteiger partial charge on any atom is 0.151 e.